The number of anilines is 1. The summed E-state index contributed by atoms with van der Waals surface area (Å²) in [6.07, 6.45) is 2.78. The van der Waals surface area contributed by atoms with E-state index in [4.69, 9.17) is 0 Å². The molecule has 0 aromatic heterocycles. The van der Waals surface area contributed by atoms with Crippen LogP contribution in [0.1, 0.15) is 44.3 Å². The Morgan fingerprint density at radius 2 is 1.89 bits per heavy atom. The number of aliphatic hydroxyl groups excluding tert-OH is 2. The lowest BCUT2D eigenvalue weighted by Crippen LogP contribution is -2.45. The van der Waals surface area contributed by atoms with Crippen LogP contribution in [0.4, 0.5) is 10.1 Å². The van der Waals surface area contributed by atoms with Gasteiger partial charge in [-0.15, -0.1) is 0 Å². The number of piperidine rings is 1. The summed E-state index contributed by atoms with van der Waals surface area (Å²) >= 11 is 0. The number of rotatable bonds is 2. The van der Waals surface area contributed by atoms with E-state index in [1.54, 1.807) is 13.0 Å². The van der Waals surface area contributed by atoms with Gasteiger partial charge in [-0.25, -0.2) is 4.39 Å². The molecule has 2 unspecified atom stereocenters. The summed E-state index contributed by atoms with van der Waals surface area (Å²) in [6, 6.07) is 5.27. The molecule has 2 aliphatic rings. The zero-order valence-electron chi connectivity index (χ0n) is 11.1. The molecule has 2 heterocycles. The van der Waals surface area contributed by atoms with E-state index in [9.17, 15) is 14.6 Å². The van der Waals surface area contributed by atoms with Gasteiger partial charge < -0.3 is 15.1 Å². The minimum Gasteiger partial charge on any atom is -0.393 e. The molecule has 0 aliphatic carbocycles. The van der Waals surface area contributed by atoms with E-state index >= 15 is 0 Å². The van der Waals surface area contributed by atoms with E-state index in [1.807, 2.05) is 0 Å². The van der Waals surface area contributed by atoms with Crippen molar-refractivity contribution in [2.45, 2.75) is 56.9 Å². The van der Waals surface area contributed by atoms with E-state index in [2.05, 4.69) is 4.90 Å². The van der Waals surface area contributed by atoms with E-state index in [-0.39, 0.29) is 11.9 Å². The number of hydrogen-bond donors (Lipinski definition) is 2. The first-order chi connectivity index (χ1) is 9.06. The number of halogens is 1. The van der Waals surface area contributed by atoms with Gasteiger partial charge in [-0.3, -0.25) is 0 Å². The monoisotopic (exact) mass is 265 g/mol. The Balaban J connectivity index is 1.99. The Hall–Kier alpha value is -1.13. The van der Waals surface area contributed by atoms with Crippen molar-refractivity contribution in [3.05, 3.63) is 29.6 Å². The Morgan fingerprint density at radius 1 is 1.26 bits per heavy atom. The zero-order chi connectivity index (χ0) is 13.6. The van der Waals surface area contributed by atoms with Crippen LogP contribution in [0.2, 0.25) is 0 Å². The Bertz CT molecular complexity index is 463. The quantitative estimate of drug-likeness (QED) is 0.863. The van der Waals surface area contributed by atoms with Gasteiger partial charge in [0, 0.05) is 23.3 Å². The maximum atomic E-state index is 13.4. The largest absolute Gasteiger partial charge is 0.393 e. The van der Waals surface area contributed by atoms with Crippen molar-refractivity contribution in [1.29, 1.82) is 0 Å². The van der Waals surface area contributed by atoms with Gasteiger partial charge in [-0.1, -0.05) is 0 Å². The highest BCUT2D eigenvalue weighted by Crippen LogP contribution is 2.41. The fraction of sp³-hybridized carbons (Fsp3) is 0.600. The summed E-state index contributed by atoms with van der Waals surface area (Å²) in [7, 11) is 0. The minimum atomic E-state index is -0.683. The maximum Gasteiger partial charge on any atom is 0.123 e. The molecule has 4 heteroatoms. The van der Waals surface area contributed by atoms with Crippen molar-refractivity contribution in [3.8, 4) is 0 Å². The molecule has 0 radical (unpaired) electrons. The van der Waals surface area contributed by atoms with Gasteiger partial charge in [0.1, 0.15) is 5.82 Å². The first-order valence-electron chi connectivity index (χ1n) is 7.00. The van der Waals surface area contributed by atoms with Gasteiger partial charge in [-0.05, 0) is 50.8 Å². The molecule has 2 saturated heterocycles. The average Bonchev–Trinajstić information content (AvgIpc) is 2.62. The molecule has 0 amide bonds. The molecule has 104 valence electrons. The van der Waals surface area contributed by atoms with Crippen LogP contribution in [-0.4, -0.2) is 28.4 Å². The predicted octanol–water partition coefficient (Wildman–Crippen LogP) is 2.37. The summed E-state index contributed by atoms with van der Waals surface area (Å²) in [5.74, 6) is -0.316. The van der Waals surface area contributed by atoms with Gasteiger partial charge in [0.2, 0.25) is 0 Å². The first-order valence-corrected chi connectivity index (χ1v) is 7.00. The van der Waals surface area contributed by atoms with Gasteiger partial charge in [0.05, 0.1) is 12.2 Å². The van der Waals surface area contributed by atoms with E-state index in [0.29, 0.717) is 17.6 Å². The number of fused-ring (bicyclic) bond motifs is 2. The number of benzene rings is 1. The molecule has 2 aliphatic heterocycles. The predicted molar refractivity (Wildman–Crippen MR) is 71.6 cm³/mol. The van der Waals surface area contributed by atoms with Crippen molar-refractivity contribution < 1.29 is 14.6 Å². The standard InChI is InChI=1S/C15H20FNO2/c1-9(18)14-6-10(16)2-5-15(14)17-11-3-4-12(17)8-13(19)7-11/h2,5-6,9,11-13,18-19H,3-4,7-8H2,1H3/t9-,11?,12?,13?/m1/s1. The summed E-state index contributed by atoms with van der Waals surface area (Å²) in [5.41, 5.74) is 1.57. The third kappa shape index (κ3) is 2.23. The number of aliphatic hydroxyl groups is 2. The molecule has 3 rings (SSSR count). The fourth-order valence-corrected chi connectivity index (χ4v) is 3.64. The third-order valence-electron chi connectivity index (χ3n) is 4.43. The molecule has 0 spiro atoms. The van der Waals surface area contributed by atoms with E-state index in [1.165, 1.54) is 12.1 Å². The highest BCUT2D eigenvalue weighted by molar-refractivity contribution is 5.57. The number of hydrogen-bond acceptors (Lipinski definition) is 3. The normalized spacial score (nSPS) is 31.6. The van der Waals surface area contributed by atoms with Gasteiger partial charge in [0.15, 0.2) is 0 Å². The van der Waals surface area contributed by atoms with Crippen LogP contribution in [0.25, 0.3) is 0 Å². The van der Waals surface area contributed by atoms with Crippen molar-refractivity contribution in [2.75, 3.05) is 4.90 Å². The number of nitrogens with zero attached hydrogens (tertiary/aromatic N) is 1. The van der Waals surface area contributed by atoms with Crippen LogP contribution >= 0.6 is 0 Å². The molecule has 19 heavy (non-hydrogen) atoms. The molecule has 0 saturated carbocycles. The van der Waals surface area contributed by atoms with Gasteiger partial charge in [-0.2, -0.15) is 0 Å². The van der Waals surface area contributed by atoms with Gasteiger partial charge in [0.25, 0.3) is 0 Å². The lowest BCUT2D eigenvalue weighted by molar-refractivity contribution is 0.126. The van der Waals surface area contributed by atoms with Crippen LogP contribution in [0, 0.1) is 5.82 Å². The van der Waals surface area contributed by atoms with E-state index in [0.717, 1.165) is 31.4 Å². The van der Waals surface area contributed by atoms with Crippen LogP contribution in [0.3, 0.4) is 0 Å². The van der Waals surface area contributed by atoms with Gasteiger partial charge >= 0.3 is 0 Å². The zero-order valence-corrected chi connectivity index (χ0v) is 11.1. The summed E-state index contributed by atoms with van der Waals surface area (Å²) in [6.45, 7) is 1.67. The molecular formula is C15H20FNO2. The Morgan fingerprint density at radius 3 is 2.47 bits per heavy atom. The maximum absolute atomic E-state index is 13.4. The molecule has 3 nitrogen and oxygen atoms in total. The van der Waals surface area contributed by atoms with Crippen molar-refractivity contribution in [2.24, 2.45) is 0 Å². The van der Waals surface area contributed by atoms with Crippen molar-refractivity contribution >= 4 is 5.69 Å². The van der Waals surface area contributed by atoms with E-state index < -0.39 is 6.10 Å². The molecule has 2 bridgehead atoms. The fourth-order valence-electron chi connectivity index (χ4n) is 3.64. The second-order valence-corrected chi connectivity index (χ2v) is 5.80. The molecule has 2 N–H and O–H groups in total. The van der Waals surface area contributed by atoms with Crippen LogP contribution < -0.4 is 4.90 Å². The third-order valence-corrected chi connectivity index (χ3v) is 4.43. The molecule has 1 aromatic carbocycles. The molecule has 2 fully saturated rings. The molecular weight excluding hydrogens is 245 g/mol. The highest BCUT2D eigenvalue weighted by atomic mass is 19.1. The SMILES string of the molecule is C[C@@H](O)c1cc(F)ccc1N1C2CCC1CC(O)C2. The first kappa shape index (κ1) is 12.9. The average molecular weight is 265 g/mol. The molecule has 1 aromatic rings. The highest BCUT2D eigenvalue weighted by Gasteiger charge is 2.41. The summed E-state index contributed by atoms with van der Waals surface area (Å²) in [4.78, 5) is 2.29. The summed E-state index contributed by atoms with van der Waals surface area (Å²) < 4.78 is 13.4. The van der Waals surface area contributed by atoms with Crippen molar-refractivity contribution in [1.82, 2.24) is 0 Å². The summed E-state index contributed by atoms with van der Waals surface area (Å²) in [5, 5.41) is 19.7. The van der Waals surface area contributed by atoms with Crippen LogP contribution in [-0.2, 0) is 0 Å². The van der Waals surface area contributed by atoms with Crippen molar-refractivity contribution in [3.63, 3.8) is 0 Å². The second-order valence-electron chi connectivity index (χ2n) is 5.80. The van der Waals surface area contributed by atoms with Crippen LogP contribution in [0.5, 0.6) is 0 Å². The Kier molecular flexibility index (Phi) is 3.23. The second kappa shape index (κ2) is 4.76. The lowest BCUT2D eigenvalue weighted by Gasteiger charge is -2.40. The topological polar surface area (TPSA) is 43.7 Å². The Labute approximate surface area is 112 Å². The lowest BCUT2D eigenvalue weighted by atomic mass is 9.97. The van der Waals surface area contributed by atoms with Crippen LogP contribution in [0.15, 0.2) is 18.2 Å². The smallest absolute Gasteiger partial charge is 0.123 e. The molecule has 3 atom stereocenters. The minimum absolute atomic E-state index is 0.218.